The van der Waals surface area contributed by atoms with Crippen molar-refractivity contribution in [1.82, 2.24) is 5.32 Å². The van der Waals surface area contributed by atoms with Crippen molar-refractivity contribution in [2.24, 2.45) is 5.92 Å². The molecule has 1 aromatic carbocycles. The smallest absolute Gasteiger partial charge is 0.200 e. The Kier molecular flexibility index (Phi) is 4.10. The molecule has 0 saturated heterocycles. The predicted molar refractivity (Wildman–Crippen MR) is 69.6 cm³/mol. The molecule has 4 heteroatoms. The van der Waals surface area contributed by atoms with Crippen LogP contribution >= 0.6 is 0 Å². The van der Waals surface area contributed by atoms with Crippen molar-refractivity contribution >= 4 is 0 Å². The molecule has 1 aromatic rings. The zero-order valence-electron chi connectivity index (χ0n) is 10.3. The van der Waals surface area contributed by atoms with Crippen LogP contribution in [0.4, 0.5) is 0 Å². The van der Waals surface area contributed by atoms with Crippen LogP contribution < -0.4 is 5.32 Å². The van der Waals surface area contributed by atoms with Gasteiger partial charge < -0.3 is 20.6 Å². The van der Waals surface area contributed by atoms with Crippen LogP contribution in [0.25, 0.3) is 0 Å². The number of rotatable bonds is 4. The summed E-state index contributed by atoms with van der Waals surface area (Å²) in [5.41, 5.74) is 0.594. The third-order valence-electron chi connectivity index (χ3n) is 3.34. The van der Waals surface area contributed by atoms with Gasteiger partial charge in [-0.1, -0.05) is 18.2 Å². The second kappa shape index (κ2) is 5.78. The number of hydrogen-bond acceptors (Lipinski definition) is 4. The average Bonchev–Trinajstić information content (AvgIpc) is 2.40. The minimum absolute atomic E-state index is 0.244. The number of nitrogens with one attached hydrogen (secondary N) is 1. The van der Waals surface area contributed by atoms with Gasteiger partial charge in [-0.2, -0.15) is 0 Å². The molecule has 1 aliphatic rings. The van der Waals surface area contributed by atoms with Crippen molar-refractivity contribution in [3.63, 3.8) is 0 Å². The summed E-state index contributed by atoms with van der Waals surface area (Å²) in [5.74, 6) is -0.350. The van der Waals surface area contributed by atoms with Gasteiger partial charge in [-0.05, 0) is 37.8 Å². The summed E-state index contributed by atoms with van der Waals surface area (Å²) in [5, 5.41) is 31.5. The van der Waals surface area contributed by atoms with E-state index in [9.17, 15) is 15.3 Å². The van der Waals surface area contributed by atoms with Gasteiger partial charge in [0.2, 0.25) is 5.75 Å². The Morgan fingerprint density at radius 1 is 1.11 bits per heavy atom. The highest BCUT2D eigenvalue weighted by molar-refractivity contribution is 5.52. The monoisotopic (exact) mass is 249 g/mol. The molecule has 1 unspecified atom stereocenters. The number of aromatic hydroxyl groups is 3. The van der Waals surface area contributed by atoms with Crippen molar-refractivity contribution in [3.8, 4) is 17.2 Å². The average molecular weight is 249 g/mol. The number of benzene rings is 1. The van der Waals surface area contributed by atoms with Crippen LogP contribution in [0.15, 0.2) is 24.3 Å². The molecule has 0 aromatic heterocycles. The summed E-state index contributed by atoms with van der Waals surface area (Å²) in [6.45, 7) is 1.38. The molecule has 0 amide bonds. The fourth-order valence-electron chi connectivity index (χ4n) is 2.21. The van der Waals surface area contributed by atoms with E-state index in [4.69, 9.17) is 0 Å². The first-order valence-electron chi connectivity index (χ1n) is 6.27. The maximum absolute atomic E-state index is 9.65. The van der Waals surface area contributed by atoms with Crippen molar-refractivity contribution in [3.05, 3.63) is 29.8 Å². The van der Waals surface area contributed by atoms with Gasteiger partial charge in [-0.3, -0.25) is 0 Å². The number of allylic oxidation sites excluding steroid dienone is 2. The second-order valence-electron chi connectivity index (χ2n) is 4.72. The van der Waals surface area contributed by atoms with Crippen LogP contribution in [-0.2, 0) is 6.54 Å². The van der Waals surface area contributed by atoms with E-state index in [1.165, 1.54) is 12.5 Å². The molecule has 0 fully saturated rings. The van der Waals surface area contributed by atoms with Gasteiger partial charge in [0.25, 0.3) is 0 Å². The maximum Gasteiger partial charge on any atom is 0.200 e. The molecule has 0 spiro atoms. The molecule has 18 heavy (non-hydrogen) atoms. The summed E-state index contributed by atoms with van der Waals surface area (Å²) in [4.78, 5) is 0. The predicted octanol–water partition coefficient (Wildman–Crippen LogP) is 2.25. The lowest BCUT2D eigenvalue weighted by atomic mass is 9.94. The van der Waals surface area contributed by atoms with Gasteiger partial charge >= 0.3 is 0 Å². The summed E-state index contributed by atoms with van der Waals surface area (Å²) in [6.07, 6.45) is 7.84. The first kappa shape index (κ1) is 12.8. The Balaban J connectivity index is 1.86. The van der Waals surface area contributed by atoms with Crippen LogP contribution in [-0.4, -0.2) is 21.9 Å². The summed E-state index contributed by atoms with van der Waals surface area (Å²) in [7, 11) is 0. The van der Waals surface area contributed by atoms with Crippen molar-refractivity contribution in [2.75, 3.05) is 6.54 Å². The Hall–Kier alpha value is -1.68. The van der Waals surface area contributed by atoms with Crippen LogP contribution in [0.3, 0.4) is 0 Å². The van der Waals surface area contributed by atoms with Gasteiger partial charge in [0.1, 0.15) is 0 Å². The van der Waals surface area contributed by atoms with Gasteiger partial charge in [0.15, 0.2) is 11.5 Å². The van der Waals surface area contributed by atoms with E-state index in [-0.39, 0.29) is 11.5 Å². The minimum Gasteiger partial charge on any atom is -0.504 e. The number of phenols is 3. The van der Waals surface area contributed by atoms with Crippen LogP contribution in [0.2, 0.25) is 0 Å². The van der Waals surface area contributed by atoms with Crippen LogP contribution in [0.5, 0.6) is 17.2 Å². The molecular formula is C14H19NO3. The largest absolute Gasteiger partial charge is 0.504 e. The lowest BCUT2D eigenvalue weighted by molar-refractivity contribution is 0.363. The Bertz CT molecular complexity index is 443. The minimum atomic E-state index is -0.449. The third-order valence-corrected chi connectivity index (χ3v) is 3.34. The summed E-state index contributed by atoms with van der Waals surface area (Å²) < 4.78 is 0. The molecule has 0 bridgehead atoms. The van der Waals surface area contributed by atoms with Gasteiger partial charge in [-0.25, -0.2) is 0 Å². The van der Waals surface area contributed by atoms with Crippen LogP contribution in [0.1, 0.15) is 24.8 Å². The highest BCUT2D eigenvalue weighted by Gasteiger charge is 2.12. The van der Waals surface area contributed by atoms with E-state index in [1.807, 2.05) is 0 Å². The summed E-state index contributed by atoms with van der Waals surface area (Å²) >= 11 is 0. The lowest BCUT2D eigenvalue weighted by Crippen LogP contribution is -2.23. The van der Waals surface area contributed by atoms with Gasteiger partial charge in [0.05, 0.1) is 0 Å². The molecule has 0 heterocycles. The van der Waals surface area contributed by atoms with E-state index in [0.717, 1.165) is 19.4 Å². The number of hydrogen-bond donors (Lipinski definition) is 4. The molecule has 98 valence electrons. The Labute approximate surface area is 107 Å². The van der Waals surface area contributed by atoms with Gasteiger partial charge in [-0.15, -0.1) is 0 Å². The molecule has 1 atom stereocenters. The van der Waals surface area contributed by atoms with E-state index >= 15 is 0 Å². The number of phenolic OH excluding ortho intramolecular Hbond substituents is 3. The van der Waals surface area contributed by atoms with E-state index in [2.05, 4.69) is 17.5 Å². The molecule has 4 nitrogen and oxygen atoms in total. The third kappa shape index (κ3) is 2.96. The van der Waals surface area contributed by atoms with E-state index in [1.54, 1.807) is 6.07 Å². The first-order chi connectivity index (χ1) is 8.68. The first-order valence-corrected chi connectivity index (χ1v) is 6.27. The Morgan fingerprint density at radius 3 is 2.67 bits per heavy atom. The topological polar surface area (TPSA) is 72.7 Å². The molecule has 4 N–H and O–H groups in total. The molecule has 0 aliphatic heterocycles. The highest BCUT2D eigenvalue weighted by Crippen LogP contribution is 2.36. The molecular weight excluding hydrogens is 230 g/mol. The van der Waals surface area contributed by atoms with Crippen molar-refractivity contribution < 1.29 is 15.3 Å². The van der Waals surface area contributed by atoms with Gasteiger partial charge in [0, 0.05) is 12.1 Å². The molecule has 2 rings (SSSR count). The second-order valence-corrected chi connectivity index (χ2v) is 4.72. The normalized spacial score (nSPS) is 19.0. The SMILES string of the molecule is Oc1ccc(CNCC2CC=CCC2)c(O)c1O. The zero-order valence-corrected chi connectivity index (χ0v) is 10.3. The molecule has 1 aliphatic carbocycles. The zero-order chi connectivity index (χ0) is 13.0. The van der Waals surface area contributed by atoms with Crippen LogP contribution in [0, 0.1) is 5.92 Å². The van der Waals surface area contributed by atoms with E-state index < -0.39 is 5.75 Å². The Morgan fingerprint density at radius 2 is 1.94 bits per heavy atom. The van der Waals surface area contributed by atoms with Crippen molar-refractivity contribution in [2.45, 2.75) is 25.8 Å². The fraction of sp³-hybridized carbons (Fsp3) is 0.429. The quantitative estimate of drug-likeness (QED) is 0.488. The standard InChI is InChI=1S/C14H19NO3/c16-12-7-6-11(13(17)14(12)18)9-15-8-10-4-2-1-3-5-10/h1-2,6-7,10,15-18H,3-5,8-9H2. The molecule has 0 radical (unpaired) electrons. The maximum atomic E-state index is 9.65. The fourth-order valence-corrected chi connectivity index (χ4v) is 2.21. The van der Waals surface area contributed by atoms with E-state index in [0.29, 0.717) is 18.0 Å². The highest BCUT2D eigenvalue weighted by atomic mass is 16.3. The lowest BCUT2D eigenvalue weighted by Gasteiger charge is -2.18. The summed E-state index contributed by atoms with van der Waals surface area (Å²) in [6, 6.07) is 2.99. The van der Waals surface area contributed by atoms with Crippen molar-refractivity contribution in [1.29, 1.82) is 0 Å². The molecule has 0 saturated carbocycles.